The number of carbonyl (C=O) groups excluding carboxylic acids is 2. The SMILES string of the molecule is COc1cc(O)c(S(=O)(=O)N2c3ccccc3CCC2C)cc1N1C(=O)CCC1=O. The molecule has 30 heavy (non-hydrogen) atoms. The van der Waals surface area contributed by atoms with Gasteiger partial charge in [-0.05, 0) is 37.5 Å². The fraction of sp³-hybridized carbons (Fsp3) is 0.333. The number of aryl methyl sites for hydroxylation is 1. The van der Waals surface area contributed by atoms with Crippen LogP contribution < -0.4 is 13.9 Å². The molecule has 9 heteroatoms. The van der Waals surface area contributed by atoms with Gasteiger partial charge in [-0.25, -0.2) is 13.3 Å². The molecule has 0 aromatic heterocycles. The zero-order valence-electron chi connectivity index (χ0n) is 16.7. The summed E-state index contributed by atoms with van der Waals surface area (Å²) in [6.45, 7) is 1.81. The maximum absolute atomic E-state index is 13.6. The number of ether oxygens (including phenoxy) is 1. The maximum atomic E-state index is 13.6. The van der Waals surface area contributed by atoms with Crippen LogP contribution in [0.1, 0.15) is 31.7 Å². The number of fused-ring (bicyclic) bond motifs is 1. The molecule has 8 nitrogen and oxygen atoms in total. The highest BCUT2D eigenvalue weighted by Gasteiger charge is 2.38. The van der Waals surface area contributed by atoms with Gasteiger partial charge in [-0.2, -0.15) is 0 Å². The Morgan fingerprint density at radius 3 is 2.37 bits per heavy atom. The van der Waals surface area contributed by atoms with Crippen LogP contribution in [0.2, 0.25) is 0 Å². The average molecular weight is 430 g/mol. The van der Waals surface area contributed by atoms with Crippen molar-refractivity contribution in [2.75, 3.05) is 16.3 Å². The van der Waals surface area contributed by atoms with Crippen LogP contribution in [-0.2, 0) is 26.0 Å². The van der Waals surface area contributed by atoms with Crippen LogP contribution in [0.4, 0.5) is 11.4 Å². The number of hydrogen-bond donors (Lipinski definition) is 1. The molecule has 0 aliphatic carbocycles. The van der Waals surface area contributed by atoms with Crippen LogP contribution in [0.5, 0.6) is 11.5 Å². The molecular formula is C21H22N2O6S. The van der Waals surface area contributed by atoms with E-state index in [2.05, 4.69) is 0 Å². The first-order valence-corrected chi connectivity index (χ1v) is 11.1. The van der Waals surface area contributed by atoms with E-state index in [1.807, 2.05) is 19.1 Å². The van der Waals surface area contributed by atoms with Crippen LogP contribution in [0, 0.1) is 0 Å². The minimum Gasteiger partial charge on any atom is -0.506 e. The first-order valence-electron chi connectivity index (χ1n) is 9.65. The van der Waals surface area contributed by atoms with Gasteiger partial charge in [0.05, 0.1) is 18.5 Å². The number of aromatic hydroxyl groups is 1. The summed E-state index contributed by atoms with van der Waals surface area (Å²) in [4.78, 5) is 25.0. The molecule has 0 saturated carbocycles. The second-order valence-corrected chi connectivity index (χ2v) is 9.22. The van der Waals surface area contributed by atoms with Crippen LogP contribution in [-0.4, -0.2) is 38.5 Å². The summed E-state index contributed by atoms with van der Waals surface area (Å²) in [7, 11) is -2.87. The highest BCUT2D eigenvalue weighted by atomic mass is 32.2. The maximum Gasteiger partial charge on any atom is 0.268 e. The Hall–Kier alpha value is -3.07. The van der Waals surface area contributed by atoms with Crippen molar-refractivity contribution < 1.29 is 27.9 Å². The molecule has 158 valence electrons. The Morgan fingerprint density at radius 2 is 1.70 bits per heavy atom. The van der Waals surface area contributed by atoms with E-state index in [0.717, 1.165) is 29.0 Å². The van der Waals surface area contributed by atoms with Crippen molar-refractivity contribution in [3.63, 3.8) is 0 Å². The van der Waals surface area contributed by atoms with Gasteiger partial charge in [0.15, 0.2) is 0 Å². The summed E-state index contributed by atoms with van der Waals surface area (Å²) < 4.78 is 33.8. The van der Waals surface area contributed by atoms with Gasteiger partial charge in [0.2, 0.25) is 11.8 Å². The van der Waals surface area contributed by atoms with Crippen molar-refractivity contribution in [3.05, 3.63) is 42.0 Å². The molecular weight excluding hydrogens is 408 g/mol. The van der Waals surface area contributed by atoms with Gasteiger partial charge in [-0.15, -0.1) is 0 Å². The fourth-order valence-corrected chi connectivity index (χ4v) is 5.87. The molecule has 2 aliphatic rings. The van der Waals surface area contributed by atoms with Gasteiger partial charge in [0.25, 0.3) is 10.0 Å². The van der Waals surface area contributed by atoms with Crippen molar-refractivity contribution in [3.8, 4) is 11.5 Å². The summed E-state index contributed by atoms with van der Waals surface area (Å²) in [6, 6.07) is 9.18. The van der Waals surface area contributed by atoms with Gasteiger partial charge in [-0.1, -0.05) is 18.2 Å². The number of carbonyl (C=O) groups is 2. The zero-order valence-corrected chi connectivity index (χ0v) is 17.5. The Kier molecular flexibility index (Phi) is 4.93. The van der Waals surface area contributed by atoms with E-state index in [-0.39, 0.29) is 35.2 Å². The molecule has 2 amide bonds. The molecule has 2 heterocycles. The van der Waals surface area contributed by atoms with Crippen LogP contribution in [0.3, 0.4) is 0 Å². The molecule has 1 saturated heterocycles. The standard InChI is InChI=1S/C21H22N2O6S/c1-13-7-8-14-5-3-4-6-15(14)23(13)30(27,28)19-11-16(18(29-2)12-17(19)24)22-20(25)9-10-21(22)26/h3-6,11-13,24H,7-10H2,1-2H3. The molecule has 4 rings (SSSR count). The first kappa shape index (κ1) is 20.2. The molecule has 0 radical (unpaired) electrons. The van der Waals surface area contributed by atoms with E-state index in [4.69, 9.17) is 4.74 Å². The fourth-order valence-electron chi connectivity index (χ4n) is 4.06. The molecule has 2 aliphatic heterocycles. The topological polar surface area (TPSA) is 104 Å². The number of hydrogen-bond acceptors (Lipinski definition) is 6. The summed E-state index contributed by atoms with van der Waals surface area (Å²) in [5.74, 6) is -1.35. The lowest BCUT2D eigenvalue weighted by Gasteiger charge is -2.36. The Bertz CT molecular complexity index is 1130. The number of rotatable bonds is 4. The number of para-hydroxylation sites is 1. The summed E-state index contributed by atoms with van der Waals surface area (Å²) in [5.41, 5.74) is 1.47. The normalized spacial score (nSPS) is 19.2. The second-order valence-electron chi connectivity index (χ2n) is 7.43. The smallest absolute Gasteiger partial charge is 0.268 e. The molecule has 0 spiro atoms. The van der Waals surface area contributed by atoms with E-state index in [9.17, 15) is 23.1 Å². The summed E-state index contributed by atoms with van der Waals surface area (Å²) in [5, 5.41) is 10.5. The van der Waals surface area contributed by atoms with Crippen LogP contribution in [0.25, 0.3) is 0 Å². The number of phenolic OH excluding ortho intramolecular Hbond substituents is 1. The van der Waals surface area contributed by atoms with E-state index in [1.54, 1.807) is 12.1 Å². The number of methoxy groups -OCH3 is 1. The van der Waals surface area contributed by atoms with E-state index in [1.165, 1.54) is 11.4 Å². The Balaban J connectivity index is 1.89. The Morgan fingerprint density at radius 1 is 1.03 bits per heavy atom. The van der Waals surface area contributed by atoms with Gasteiger partial charge in [0, 0.05) is 24.9 Å². The molecule has 1 fully saturated rings. The monoisotopic (exact) mass is 430 g/mol. The molecule has 1 N–H and O–H groups in total. The van der Waals surface area contributed by atoms with Gasteiger partial charge in [-0.3, -0.25) is 13.9 Å². The van der Waals surface area contributed by atoms with Crippen molar-refractivity contribution in [2.24, 2.45) is 0 Å². The van der Waals surface area contributed by atoms with Crippen molar-refractivity contribution in [2.45, 2.75) is 43.5 Å². The molecule has 0 bridgehead atoms. The first-order chi connectivity index (χ1) is 14.3. The van der Waals surface area contributed by atoms with Crippen molar-refractivity contribution >= 4 is 33.2 Å². The highest BCUT2D eigenvalue weighted by Crippen LogP contribution is 2.42. The third-order valence-electron chi connectivity index (χ3n) is 5.55. The predicted octanol–water partition coefficient (Wildman–Crippen LogP) is 2.58. The molecule has 2 aromatic carbocycles. The zero-order chi connectivity index (χ0) is 21.6. The van der Waals surface area contributed by atoms with Crippen LogP contribution in [0.15, 0.2) is 41.3 Å². The molecule has 1 atom stereocenters. The molecule has 2 aromatic rings. The number of phenols is 1. The third kappa shape index (κ3) is 3.09. The number of benzene rings is 2. The average Bonchev–Trinajstić information content (AvgIpc) is 3.05. The van der Waals surface area contributed by atoms with Gasteiger partial charge >= 0.3 is 0 Å². The molecule has 1 unspecified atom stereocenters. The number of amides is 2. The summed E-state index contributed by atoms with van der Waals surface area (Å²) in [6.07, 6.45) is 1.46. The van der Waals surface area contributed by atoms with E-state index >= 15 is 0 Å². The highest BCUT2D eigenvalue weighted by molar-refractivity contribution is 7.93. The van der Waals surface area contributed by atoms with E-state index < -0.39 is 27.6 Å². The minimum atomic E-state index is -4.19. The third-order valence-corrected chi connectivity index (χ3v) is 7.51. The lowest BCUT2D eigenvalue weighted by Crippen LogP contribution is -2.42. The number of nitrogens with zero attached hydrogens (tertiary/aromatic N) is 2. The summed E-state index contributed by atoms with van der Waals surface area (Å²) >= 11 is 0. The number of sulfonamides is 1. The van der Waals surface area contributed by atoms with Crippen molar-refractivity contribution in [1.82, 2.24) is 0 Å². The van der Waals surface area contributed by atoms with Crippen molar-refractivity contribution in [1.29, 1.82) is 0 Å². The predicted molar refractivity (Wildman–Crippen MR) is 110 cm³/mol. The van der Waals surface area contributed by atoms with Crippen LogP contribution >= 0.6 is 0 Å². The van der Waals surface area contributed by atoms with Gasteiger partial charge in [0.1, 0.15) is 16.4 Å². The number of anilines is 2. The minimum absolute atomic E-state index is 0.0133. The quantitative estimate of drug-likeness (QED) is 0.748. The lowest BCUT2D eigenvalue weighted by molar-refractivity contribution is -0.121. The lowest BCUT2D eigenvalue weighted by atomic mass is 9.99. The largest absolute Gasteiger partial charge is 0.506 e. The number of imide groups is 1. The second kappa shape index (κ2) is 7.32. The van der Waals surface area contributed by atoms with E-state index in [0.29, 0.717) is 12.1 Å². The Labute approximate surface area is 174 Å². The van der Waals surface area contributed by atoms with Gasteiger partial charge < -0.3 is 9.84 Å².